The Balaban J connectivity index is 2.83. The third-order valence-electron chi connectivity index (χ3n) is 4.52. The molecular formula is C21H32F2N2O3. The molecule has 0 aliphatic carbocycles. The Morgan fingerprint density at radius 2 is 1.71 bits per heavy atom. The van der Waals surface area contributed by atoms with Crippen molar-refractivity contribution < 1.29 is 23.5 Å². The Hall–Kier alpha value is -2.02. The van der Waals surface area contributed by atoms with Crippen LogP contribution in [-0.2, 0) is 16.0 Å². The Bertz CT molecular complexity index is 620. The summed E-state index contributed by atoms with van der Waals surface area (Å²) in [6.45, 7) is 5.31. The number of aliphatic hydroxyl groups excluding tert-OH is 1. The van der Waals surface area contributed by atoms with Crippen molar-refractivity contribution in [2.24, 2.45) is 0 Å². The highest BCUT2D eigenvalue weighted by Crippen LogP contribution is 2.15. The predicted octanol–water partition coefficient (Wildman–Crippen LogP) is 3.24. The second-order valence-corrected chi connectivity index (χ2v) is 7.25. The number of halogens is 2. The van der Waals surface area contributed by atoms with Gasteiger partial charge in [-0.05, 0) is 43.4 Å². The summed E-state index contributed by atoms with van der Waals surface area (Å²) < 4.78 is 26.9. The van der Waals surface area contributed by atoms with Gasteiger partial charge in [-0.3, -0.25) is 9.59 Å². The highest BCUT2D eigenvalue weighted by molar-refractivity contribution is 5.76. The quantitative estimate of drug-likeness (QED) is 0.506. The molecular weight excluding hydrogens is 366 g/mol. The Kier molecular flexibility index (Phi) is 10.7. The number of carbonyl (C=O) groups excluding carboxylic acids is 2. The molecule has 0 aromatic heterocycles. The summed E-state index contributed by atoms with van der Waals surface area (Å²) in [5.41, 5.74) is 0.342. The standard InChI is InChI=1S/C21H32F2N2O3/c1-4-6-8-21(28)25-18(7-5-2)13-20(27)19(24-14(3)26)11-15-9-16(22)12-17(23)10-15/h9-10,12,18-20,27H,4-8,11,13H2,1-3H3,(H,24,26)(H,25,28)/t18?,19-,20-/m0/s1. The summed E-state index contributed by atoms with van der Waals surface area (Å²) in [7, 11) is 0. The fourth-order valence-electron chi connectivity index (χ4n) is 3.22. The first kappa shape index (κ1) is 24.0. The Labute approximate surface area is 165 Å². The van der Waals surface area contributed by atoms with E-state index in [-0.39, 0.29) is 30.7 Å². The summed E-state index contributed by atoms with van der Waals surface area (Å²) in [4.78, 5) is 23.6. The smallest absolute Gasteiger partial charge is 0.220 e. The molecule has 3 N–H and O–H groups in total. The van der Waals surface area contributed by atoms with Crippen molar-refractivity contribution in [2.75, 3.05) is 0 Å². The van der Waals surface area contributed by atoms with Crippen LogP contribution in [0.1, 0.15) is 64.9 Å². The van der Waals surface area contributed by atoms with Crippen molar-refractivity contribution in [3.05, 3.63) is 35.4 Å². The second kappa shape index (κ2) is 12.4. The summed E-state index contributed by atoms with van der Waals surface area (Å²) in [6, 6.07) is 2.19. The molecule has 2 amide bonds. The van der Waals surface area contributed by atoms with Crippen molar-refractivity contribution in [3.63, 3.8) is 0 Å². The lowest BCUT2D eigenvalue weighted by atomic mass is 9.94. The fraction of sp³-hybridized carbons (Fsp3) is 0.619. The van der Waals surface area contributed by atoms with Crippen LogP contribution in [0, 0.1) is 11.6 Å². The first-order valence-corrected chi connectivity index (χ1v) is 9.94. The van der Waals surface area contributed by atoms with E-state index < -0.39 is 23.8 Å². The Morgan fingerprint density at radius 1 is 1.07 bits per heavy atom. The largest absolute Gasteiger partial charge is 0.391 e. The lowest BCUT2D eigenvalue weighted by molar-refractivity contribution is -0.123. The number of nitrogens with one attached hydrogen (secondary N) is 2. The van der Waals surface area contributed by atoms with E-state index in [0.29, 0.717) is 18.4 Å². The number of rotatable bonds is 12. The fourth-order valence-corrected chi connectivity index (χ4v) is 3.22. The van der Waals surface area contributed by atoms with Gasteiger partial charge in [-0.2, -0.15) is 0 Å². The van der Waals surface area contributed by atoms with Gasteiger partial charge in [-0.15, -0.1) is 0 Å². The number of hydrogen-bond acceptors (Lipinski definition) is 3. The minimum absolute atomic E-state index is 0.0595. The summed E-state index contributed by atoms with van der Waals surface area (Å²) in [5.74, 6) is -1.83. The van der Waals surface area contributed by atoms with E-state index in [1.807, 2.05) is 13.8 Å². The maximum atomic E-state index is 13.5. The number of benzene rings is 1. The third kappa shape index (κ3) is 9.26. The average Bonchev–Trinajstić information content (AvgIpc) is 2.58. The van der Waals surface area contributed by atoms with Crippen LogP contribution in [0.3, 0.4) is 0 Å². The Morgan fingerprint density at radius 3 is 2.25 bits per heavy atom. The van der Waals surface area contributed by atoms with E-state index in [0.717, 1.165) is 25.3 Å². The summed E-state index contributed by atoms with van der Waals surface area (Å²) >= 11 is 0. The lowest BCUT2D eigenvalue weighted by Crippen LogP contribution is -2.47. The van der Waals surface area contributed by atoms with Gasteiger partial charge in [0.1, 0.15) is 11.6 Å². The highest BCUT2D eigenvalue weighted by Gasteiger charge is 2.25. The van der Waals surface area contributed by atoms with Crippen molar-refractivity contribution >= 4 is 11.8 Å². The zero-order chi connectivity index (χ0) is 21.1. The number of amides is 2. The molecule has 0 spiro atoms. The molecule has 1 aromatic carbocycles. The summed E-state index contributed by atoms with van der Waals surface area (Å²) in [6.07, 6.45) is 3.02. The molecule has 0 aliphatic rings. The van der Waals surface area contributed by atoms with E-state index in [9.17, 15) is 23.5 Å². The number of unbranched alkanes of at least 4 members (excludes halogenated alkanes) is 1. The topological polar surface area (TPSA) is 78.4 Å². The lowest BCUT2D eigenvalue weighted by Gasteiger charge is -2.28. The third-order valence-corrected chi connectivity index (χ3v) is 4.52. The zero-order valence-corrected chi connectivity index (χ0v) is 16.9. The van der Waals surface area contributed by atoms with E-state index >= 15 is 0 Å². The molecule has 0 saturated carbocycles. The monoisotopic (exact) mass is 398 g/mol. The molecule has 1 unspecified atom stereocenters. The number of aliphatic hydroxyl groups is 1. The van der Waals surface area contributed by atoms with Crippen molar-refractivity contribution in [3.8, 4) is 0 Å². The van der Waals surface area contributed by atoms with Gasteiger partial charge in [0, 0.05) is 25.5 Å². The minimum Gasteiger partial charge on any atom is -0.391 e. The first-order chi connectivity index (χ1) is 13.2. The zero-order valence-electron chi connectivity index (χ0n) is 16.9. The number of hydrogen-bond donors (Lipinski definition) is 3. The van der Waals surface area contributed by atoms with Crippen molar-refractivity contribution in [2.45, 2.75) is 83.9 Å². The van der Waals surface area contributed by atoms with Crippen LogP contribution in [0.15, 0.2) is 18.2 Å². The molecule has 1 aromatic rings. The highest BCUT2D eigenvalue weighted by atomic mass is 19.1. The van der Waals surface area contributed by atoms with Gasteiger partial charge in [0.15, 0.2) is 0 Å². The predicted molar refractivity (Wildman–Crippen MR) is 105 cm³/mol. The maximum absolute atomic E-state index is 13.5. The van der Waals surface area contributed by atoms with E-state index in [1.165, 1.54) is 19.1 Å². The molecule has 5 nitrogen and oxygen atoms in total. The van der Waals surface area contributed by atoms with Gasteiger partial charge in [0.05, 0.1) is 12.1 Å². The van der Waals surface area contributed by atoms with Crippen LogP contribution < -0.4 is 10.6 Å². The van der Waals surface area contributed by atoms with E-state index in [2.05, 4.69) is 10.6 Å². The minimum atomic E-state index is -0.974. The molecule has 3 atom stereocenters. The van der Waals surface area contributed by atoms with Crippen LogP contribution in [0.4, 0.5) is 8.78 Å². The SMILES string of the molecule is CCCCC(=O)NC(CCC)C[C@H](O)[C@H](Cc1cc(F)cc(F)c1)NC(C)=O. The molecule has 28 heavy (non-hydrogen) atoms. The molecule has 0 aliphatic heterocycles. The molecule has 0 radical (unpaired) electrons. The molecule has 7 heteroatoms. The molecule has 0 heterocycles. The van der Waals surface area contributed by atoms with Crippen LogP contribution in [0.25, 0.3) is 0 Å². The van der Waals surface area contributed by atoms with Crippen molar-refractivity contribution in [1.82, 2.24) is 10.6 Å². The first-order valence-electron chi connectivity index (χ1n) is 9.94. The number of carbonyl (C=O) groups is 2. The van der Waals surface area contributed by atoms with Crippen LogP contribution in [0.2, 0.25) is 0 Å². The summed E-state index contributed by atoms with van der Waals surface area (Å²) in [5, 5.41) is 16.3. The van der Waals surface area contributed by atoms with E-state index in [4.69, 9.17) is 0 Å². The normalized spacial score (nSPS) is 14.2. The second-order valence-electron chi connectivity index (χ2n) is 7.25. The molecule has 1 rings (SSSR count). The van der Waals surface area contributed by atoms with Gasteiger partial charge in [-0.1, -0.05) is 26.7 Å². The van der Waals surface area contributed by atoms with Gasteiger partial charge in [0.25, 0.3) is 0 Å². The van der Waals surface area contributed by atoms with E-state index in [1.54, 1.807) is 0 Å². The molecule has 0 saturated heterocycles. The van der Waals surface area contributed by atoms with Crippen molar-refractivity contribution in [1.29, 1.82) is 0 Å². The maximum Gasteiger partial charge on any atom is 0.220 e. The average molecular weight is 398 g/mol. The van der Waals surface area contributed by atoms with Gasteiger partial charge < -0.3 is 15.7 Å². The van der Waals surface area contributed by atoms with Crippen LogP contribution >= 0.6 is 0 Å². The molecule has 0 fully saturated rings. The van der Waals surface area contributed by atoms with Crippen LogP contribution in [0.5, 0.6) is 0 Å². The van der Waals surface area contributed by atoms with Gasteiger partial charge in [-0.25, -0.2) is 8.78 Å². The molecule has 158 valence electrons. The molecule has 0 bridgehead atoms. The van der Waals surface area contributed by atoms with Gasteiger partial charge >= 0.3 is 0 Å². The van der Waals surface area contributed by atoms with Crippen LogP contribution in [-0.4, -0.2) is 35.1 Å². The van der Waals surface area contributed by atoms with Gasteiger partial charge in [0.2, 0.25) is 11.8 Å².